The van der Waals surface area contributed by atoms with Crippen molar-refractivity contribution in [3.05, 3.63) is 6.33 Å². The van der Waals surface area contributed by atoms with Gasteiger partial charge in [0.2, 0.25) is 0 Å². The first kappa shape index (κ1) is 16.8. The van der Waals surface area contributed by atoms with Crippen LogP contribution in [0.5, 0.6) is 0 Å². The van der Waals surface area contributed by atoms with Crippen LogP contribution in [-0.2, 0) is 4.74 Å². The van der Waals surface area contributed by atoms with Gasteiger partial charge in [0.1, 0.15) is 12.0 Å². The number of hydrogen-bond acceptors (Lipinski definition) is 8. The summed E-state index contributed by atoms with van der Waals surface area (Å²) in [5, 5.41) is 20.8. The molecule has 1 unspecified atom stereocenters. The minimum Gasteiger partial charge on any atom is -0.393 e. The topological polar surface area (TPSA) is 124 Å². The molecule has 1 fully saturated rings. The van der Waals surface area contributed by atoms with Crippen molar-refractivity contribution in [1.82, 2.24) is 9.97 Å². The van der Waals surface area contributed by atoms with E-state index in [2.05, 4.69) is 27.4 Å². The second-order valence-electron chi connectivity index (χ2n) is 5.28. The molecule has 1 saturated heterocycles. The number of nitrogens with zero attached hydrogens (tertiary/aromatic N) is 5. The van der Waals surface area contributed by atoms with Crippen molar-refractivity contribution in [3.63, 3.8) is 0 Å². The van der Waals surface area contributed by atoms with E-state index >= 15 is 0 Å². The maximum Gasteiger partial charge on any atom is 0.157 e. The molecule has 3 N–H and O–H groups in total. The number of rotatable bonds is 8. The average Bonchev–Trinajstić information content (AvgIpc) is 3.08. The summed E-state index contributed by atoms with van der Waals surface area (Å²) in [5.74, 6) is 1.12. The lowest BCUT2D eigenvalue weighted by molar-refractivity contribution is 0.120. The molecule has 0 radical (unpaired) electrons. The summed E-state index contributed by atoms with van der Waals surface area (Å²) in [5.41, 5.74) is 6.61. The lowest BCUT2D eigenvalue weighted by Crippen LogP contribution is -2.28. The Morgan fingerprint density at radius 1 is 1.30 bits per heavy atom. The highest BCUT2D eigenvalue weighted by molar-refractivity contribution is 5.74. The van der Waals surface area contributed by atoms with E-state index in [4.69, 9.17) is 21.0 Å². The number of nitrogens with two attached hydrogens (primary N) is 1. The highest BCUT2D eigenvalue weighted by Gasteiger charge is 2.18. The predicted molar refractivity (Wildman–Crippen MR) is 86.6 cm³/mol. The van der Waals surface area contributed by atoms with E-state index in [0.717, 1.165) is 19.4 Å². The average molecular weight is 315 g/mol. The lowest BCUT2D eigenvalue weighted by atomic mass is 10.2. The molecule has 2 heterocycles. The smallest absolute Gasteiger partial charge is 0.157 e. The van der Waals surface area contributed by atoms with Crippen molar-refractivity contribution in [2.75, 3.05) is 42.2 Å². The predicted octanol–water partition coefficient (Wildman–Crippen LogP) is 1.28. The van der Waals surface area contributed by atoms with E-state index in [1.807, 2.05) is 4.90 Å². The molecule has 1 aliphatic heterocycles. The minimum absolute atomic E-state index is 0.182. The summed E-state index contributed by atoms with van der Waals surface area (Å²) in [7, 11) is 0. The highest BCUT2D eigenvalue weighted by atomic mass is 16.5. The third kappa shape index (κ3) is 4.70. The fraction of sp³-hybridized carbons (Fsp3) is 0.600. The second-order valence-corrected chi connectivity index (χ2v) is 5.28. The fourth-order valence-corrected chi connectivity index (χ4v) is 2.49. The van der Waals surface area contributed by atoms with E-state index in [0.29, 0.717) is 49.8 Å². The third-order valence-electron chi connectivity index (χ3n) is 3.67. The van der Waals surface area contributed by atoms with Crippen LogP contribution in [-0.4, -0.2) is 42.3 Å². The Hall–Kier alpha value is -2.58. The van der Waals surface area contributed by atoms with Crippen LogP contribution in [0.15, 0.2) is 6.33 Å². The van der Waals surface area contributed by atoms with Crippen molar-refractivity contribution < 1.29 is 4.74 Å². The molecule has 1 aliphatic rings. The SMILES string of the molecule is N#CCCN(CCC#N)c1ncnc(NCC2CCCO2)c1N. The van der Waals surface area contributed by atoms with Gasteiger partial charge in [0.05, 0.1) is 31.1 Å². The minimum atomic E-state index is 0.182. The molecule has 0 amide bonds. The van der Waals surface area contributed by atoms with Crippen molar-refractivity contribution in [1.29, 1.82) is 10.5 Å². The highest BCUT2D eigenvalue weighted by Crippen LogP contribution is 2.26. The standard InChI is InChI=1S/C15H21N7O/c16-5-2-7-22(8-3-6-17)15-13(18)14(20-11-21-15)19-10-12-4-1-9-23-12/h11-12H,1-4,7-10,18H2,(H,19,20,21). The fourth-order valence-electron chi connectivity index (χ4n) is 2.49. The molecule has 0 spiro atoms. The first-order valence-electron chi connectivity index (χ1n) is 7.71. The van der Waals surface area contributed by atoms with Crippen molar-refractivity contribution in [2.24, 2.45) is 0 Å². The second kappa shape index (κ2) is 8.76. The number of nitrogens with one attached hydrogen (secondary N) is 1. The number of anilines is 3. The Morgan fingerprint density at radius 3 is 2.65 bits per heavy atom. The van der Waals surface area contributed by atoms with Gasteiger partial charge in [0.15, 0.2) is 11.6 Å². The number of hydrogen-bond donors (Lipinski definition) is 2. The van der Waals surface area contributed by atoms with Gasteiger partial charge in [-0.25, -0.2) is 9.97 Å². The lowest BCUT2D eigenvalue weighted by Gasteiger charge is -2.24. The molecule has 0 saturated carbocycles. The van der Waals surface area contributed by atoms with Crippen LogP contribution >= 0.6 is 0 Å². The summed E-state index contributed by atoms with van der Waals surface area (Å²) in [4.78, 5) is 10.3. The van der Waals surface area contributed by atoms with Gasteiger partial charge in [0, 0.05) is 26.2 Å². The third-order valence-corrected chi connectivity index (χ3v) is 3.67. The summed E-state index contributed by atoms with van der Waals surface area (Å²) < 4.78 is 5.57. The molecule has 0 aromatic carbocycles. The van der Waals surface area contributed by atoms with Gasteiger partial charge in [-0.1, -0.05) is 0 Å². The number of ether oxygens (including phenoxy) is 1. The van der Waals surface area contributed by atoms with Crippen LogP contribution in [0.2, 0.25) is 0 Å². The zero-order valence-corrected chi connectivity index (χ0v) is 13.0. The van der Waals surface area contributed by atoms with Gasteiger partial charge < -0.3 is 20.7 Å². The largest absolute Gasteiger partial charge is 0.393 e. The zero-order chi connectivity index (χ0) is 16.5. The van der Waals surface area contributed by atoms with Gasteiger partial charge >= 0.3 is 0 Å². The molecule has 0 bridgehead atoms. The molecular weight excluding hydrogens is 294 g/mol. The Morgan fingerprint density at radius 2 is 2.04 bits per heavy atom. The van der Waals surface area contributed by atoms with Crippen LogP contribution in [0.25, 0.3) is 0 Å². The van der Waals surface area contributed by atoms with Crippen LogP contribution < -0.4 is 16.0 Å². The van der Waals surface area contributed by atoms with Crippen molar-refractivity contribution in [3.8, 4) is 12.1 Å². The molecular formula is C15H21N7O. The van der Waals surface area contributed by atoms with Gasteiger partial charge in [-0.3, -0.25) is 0 Å². The van der Waals surface area contributed by atoms with Crippen molar-refractivity contribution in [2.45, 2.75) is 31.8 Å². The van der Waals surface area contributed by atoms with Crippen LogP contribution in [0, 0.1) is 22.7 Å². The Bertz CT molecular complexity index is 568. The summed E-state index contributed by atoms with van der Waals surface area (Å²) >= 11 is 0. The van der Waals surface area contributed by atoms with E-state index in [-0.39, 0.29) is 6.10 Å². The summed E-state index contributed by atoms with van der Waals surface area (Å²) in [6.07, 6.45) is 4.41. The molecule has 2 rings (SSSR count). The van der Waals surface area contributed by atoms with E-state index in [1.54, 1.807) is 0 Å². The number of aromatic nitrogens is 2. The quantitative estimate of drug-likeness (QED) is 0.735. The zero-order valence-electron chi connectivity index (χ0n) is 13.0. The maximum absolute atomic E-state index is 8.78. The number of nitriles is 2. The van der Waals surface area contributed by atoms with Gasteiger partial charge in [0.25, 0.3) is 0 Å². The summed E-state index contributed by atoms with van der Waals surface area (Å²) in [6, 6.07) is 4.20. The molecule has 1 atom stereocenters. The first-order chi connectivity index (χ1) is 11.3. The molecule has 8 heteroatoms. The first-order valence-corrected chi connectivity index (χ1v) is 7.71. The molecule has 1 aromatic rings. The molecule has 8 nitrogen and oxygen atoms in total. The van der Waals surface area contributed by atoms with E-state index in [1.165, 1.54) is 6.33 Å². The van der Waals surface area contributed by atoms with Crippen molar-refractivity contribution >= 4 is 17.3 Å². The Balaban J connectivity index is 2.08. The Labute approximate surface area is 135 Å². The maximum atomic E-state index is 8.78. The van der Waals surface area contributed by atoms with Crippen LogP contribution in [0.1, 0.15) is 25.7 Å². The normalized spacial score (nSPS) is 16.5. The van der Waals surface area contributed by atoms with E-state index < -0.39 is 0 Å². The van der Waals surface area contributed by atoms with Gasteiger partial charge in [-0.15, -0.1) is 0 Å². The Kier molecular flexibility index (Phi) is 6.40. The summed E-state index contributed by atoms with van der Waals surface area (Å²) in [6.45, 7) is 2.40. The van der Waals surface area contributed by atoms with Gasteiger partial charge in [-0.05, 0) is 12.8 Å². The molecule has 122 valence electrons. The van der Waals surface area contributed by atoms with Gasteiger partial charge in [-0.2, -0.15) is 10.5 Å². The molecule has 0 aliphatic carbocycles. The van der Waals surface area contributed by atoms with Crippen LogP contribution in [0.4, 0.5) is 17.3 Å². The van der Waals surface area contributed by atoms with E-state index in [9.17, 15) is 0 Å². The van der Waals surface area contributed by atoms with Crippen LogP contribution in [0.3, 0.4) is 0 Å². The molecule has 23 heavy (non-hydrogen) atoms. The number of nitrogen functional groups attached to an aromatic ring is 1. The monoisotopic (exact) mass is 315 g/mol. The molecule has 1 aromatic heterocycles.